The van der Waals surface area contributed by atoms with Crippen LogP contribution in [0.3, 0.4) is 0 Å². The third-order valence-corrected chi connectivity index (χ3v) is 5.89. The molecule has 6 nitrogen and oxygen atoms in total. The molecule has 0 saturated carbocycles. The van der Waals surface area contributed by atoms with Gasteiger partial charge in [-0.25, -0.2) is 4.98 Å². The van der Waals surface area contributed by atoms with Crippen molar-refractivity contribution in [1.29, 1.82) is 0 Å². The first kappa shape index (κ1) is 16.5. The average molecular weight is 341 g/mol. The third-order valence-electron chi connectivity index (χ3n) is 5.89. The summed E-state index contributed by atoms with van der Waals surface area (Å²) in [6.07, 6.45) is 8.46. The van der Waals surface area contributed by atoms with Crippen molar-refractivity contribution in [1.82, 2.24) is 24.2 Å². The van der Waals surface area contributed by atoms with Gasteiger partial charge in [-0.05, 0) is 58.5 Å². The van der Waals surface area contributed by atoms with E-state index in [1.54, 1.807) is 10.9 Å². The third kappa shape index (κ3) is 3.27. The van der Waals surface area contributed by atoms with E-state index in [4.69, 9.17) is 0 Å². The van der Waals surface area contributed by atoms with Crippen LogP contribution in [0.4, 0.5) is 0 Å². The maximum Gasteiger partial charge on any atom is 0.256 e. The van der Waals surface area contributed by atoms with Crippen LogP contribution in [0.25, 0.3) is 0 Å². The molecule has 0 radical (unpaired) electrons. The Kier molecular flexibility index (Phi) is 4.46. The van der Waals surface area contributed by atoms with E-state index in [0.717, 1.165) is 56.8 Å². The van der Waals surface area contributed by atoms with Crippen LogP contribution in [0.15, 0.2) is 17.3 Å². The topological polar surface area (TPSA) is 56.0 Å². The summed E-state index contributed by atoms with van der Waals surface area (Å²) < 4.78 is 3.97. The normalized spacial score (nSPS) is 18.6. The highest BCUT2D eigenvalue weighted by atomic mass is 16.1. The van der Waals surface area contributed by atoms with E-state index < -0.39 is 0 Å². The molecule has 25 heavy (non-hydrogen) atoms. The maximum absolute atomic E-state index is 12.4. The van der Waals surface area contributed by atoms with Crippen LogP contribution in [0, 0.1) is 19.8 Å². The number of hydrogen-bond donors (Lipinski definition) is 0. The number of fused-ring (bicyclic) bond motifs is 1. The minimum absolute atomic E-state index is 0.116. The number of nitrogens with zero attached hydrogens (tertiary/aromatic N) is 5. The van der Waals surface area contributed by atoms with Gasteiger partial charge in [0.25, 0.3) is 5.56 Å². The highest BCUT2D eigenvalue weighted by Gasteiger charge is 2.23. The number of aromatic nitrogens is 4. The molecular weight excluding hydrogens is 314 g/mol. The summed E-state index contributed by atoms with van der Waals surface area (Å²) in [5.74, 6) is 0.565. The van der Waals surface area contributed by atoms with E-state index in [9.17, 15) is 4.79 Å². The lowest BCUT2D eigenvalue weighted by atomic mass is 9.96. The van der Waals surface area contributed by atoms with Crippen molar-refractivity contribution in [3.05, 3.63) is 45.4 Å². The molecule has 0 aliphatic carbocycles. The molecule has 0 atom stereocenters. The lowest BCUT2D eigenvalue weighted by molar-refractivity contribution is 0.166. The summed E-state index contributed by atoms with van der Waals surface area (Å²) in [6.45, 7) is 8.86. The summed E-state index contributed by atoms with van der Waals surface area (Å²) in [5, 5.41) is 4.50. The number of piperidine rings is 1. The summed E-state index contributed by atoms with van der Waals surface area (Å²) >= 11 is 0. The predicted molar refractivity (Wildman–Crippen MR) is 96.5 cm³/mol. The van der Waals surface area contributed by atoms with E-state index in [-0.39, 0.29) is 5.56 Å². The molecular formula is C19H27N5O. The fourth-order valence-corrected chi connectivity index (χ4v) is 4.11. The molecule has 0 bridgehead atoms. The van der Waals surface area contributed by atoms with Gasteiger partial charge in [0.2, 0.25) is 0 Å². The van der Waals surface area contributed by atoms with Crippen LogP contribution in [0.2, 0.25) is 0 Å². The second-order valence-electron chi connectivity index (χ2n) is 7.58. The Hall–Kier alpha value is -1.95. The molecule has 6 heteroatoms. The van der Waals surface area contributed by atoms with Gasteiger partial charge in [-0.2, -0.15) is 5.10 Å². The first-order chi connectivity index (χ1) is 12.1. The largest absolute Gasteiger partial charge is 0.299 e. The number of likely N-dealkylation sites (tertiary alicyclic amines) is 1. The smallest absolute Gasteiger partial charge is 0.256 e. The standard InChI is InChI=1S/C19H27N5O/c1-14-15(2)20-13-23(19(14)25)11-16-5-8-22(9-6-16)12-17-10-21-24-7-3-4-18(17)24/h10,13,16H,3-9,11-12H2,1-2H3. The van der Waals surface area contributed by atoms with Crippen LogP contribution in [0.5, 0.6) is 0 Å². The van der Waals surface area contributed by atoms with Crippen molar-refractivity contribution in [3.8, 4) is 0 Å². The fraction of sp³-hybridized carbons (Fsp3) is 0.632. The van der Waals surface area contributed by atoms with Gasteiger partial charge >= 0.3 is 0 Å². The van der Waals surface area contributed by atoms with Crippen molar-refractivity contribution in [2.24, 2.45) is 5.92 Å². The molecule has 4 heterocycles. The SMILES string of the molecule is Cc1ncn(CC2CCN(Cc3cnn4c3CCC4)CC2)c(=O)c1C. The molecule has 2 aliphatic rings. The van der Waals surface area contributed by atoms with Crippen molar-refractivity contribution in [2.75, 3.05) is 13.1 Å². The fourth-order valence-electron chi connectivity index (χ4n) is 4.11. The highest BCUT2D eigenvalue weighted by molar-refractivity contribution is 5.20. The van der Waals surface area contributed by atoms with Gasteiger partial charge in [0.15, 0.2) is 0 Å². The first-order valence-electron chi connectivity index (χ1n) is 9.40. The average Bonchev–Trinajstić information content (AvgIpc) is 3.22. The highest BCUT2D eigenvalue weighted by Crippen LogP contribution is 2.23. The van der Waals surface area contributed by atoms with E-state index in [1.165, 1.54) is 24.1 Å². The molecule has 0 unspecified atom stereocenters. The number of rotatable bonds is 4. The first-order valence-corrected chi connectivity index (χ1v) is 9.40. The lowest BCUT2D eigenvalue weighted by Crippen LogP contribution is -2.36. The minimum atomic E-state index is 0.116. The Labute approximate surface area is 148 Å². The summed E-state index contributed by atoms with van der Waals surface area (Å²) in [7, 11) is 0. The van der Waals surface area contributed by atoms with Gasteiger partial charge in [0.05, 0.1) is 12.5 Å². The molecule has 134 valence electrons. The Balaban J connectivity index is 1.34. The maximum atomic E-state index is 12.4. The minimum Gasteiger partial charge on any atom is -0.299 e. The zero-order chi connectivity index (χ0) is 17.4. The van der Waals surface area contributed by atoms with Crippen LogP contribution in [-0.2, 0) is 26.1 Å². The molecule has 0 amide bonds. The zero-order valence-electron chi connectivity index (χ0n) is 15.2. The zero-order valence-corrected chi connectivity index (χ0v) is 15.2. The van der Waals surface area contributed by atoms with E-state index >= 15 is 0 Å². The monoisotopic (exact) mass is 341 g/mol. The molecule has 2 aliphatic heterocycles. The molecule has 0 aromatic carbocycles. The van der Waals surface area contributed by atoms with Gasteiger partial charge in [-0.15, -0.1) is 0 Å². The van der Waals surface area contributed by atoms with Gasteiger partial charge in [-0.1, -0.05) is 0 Å². The van der Waals surface area contributed by atoms with E-state index in [2.05, 4.69) is 25.9 Å². The van der Waals surface area contributed by atoms with Crippen molar-refractivity contribution < 1.29 is 0 Å². The molecule has 2 aromatic rings. The van der Waals surface area contributed by atoms with E-state index in [1.807, 2.05) is 13.8 Å². The molecule has 2 aromatic heterocycles. The predicted octanol–water partition coefficient (Wildman–Crippen LogP) is 1.92. The number of aryl methyl sites for hydroxylation is 2. The molecule has 4 rings (SSSR count). The number of hydrogen-bond acceptors (Lipinski definition) is 4. The Bertz CT molecular complexity index is 814. The van der Waals surface area contributed by atoms with E-state index in [0.29, 0.717) is 5.92 Å². The van der Waals surface area contributed by atoms with Crippen LogP contribution < -0.4 is 5.56 Å². The Morgan fingerprint density at radius 3 is 2.80 bits per heavy atom. The second-order valence-corrected chi connectivity index (χ2v) is 7.58. The summed E-state index contributed by atoms with van der Waals surface area (Å²) in [5.41, 5.74) is 4.57. The van der Waals surface area contributed by atoms with Gasteiger partial charge in [0, 0.05) is 42.1 Å². The summed E-state index contributed by atoms with van der Waals surface area (Å²) in [4.78, 5) is 19.2. The quantitative estimate of drug-likeness (QED) is 0.852. The van der Waals surface area contributed by atoms with Gasteiger partial charge in [0.1, 0.15) is 0 Å². The Morgan fingerprint density at radius 1 is 1.20 bits per heavy atom. The molecule has 0 N–H and O–H groups in total. The van der Waals surface area contributed by atoms with Crippen molar-refractivity contribution in [2.45, 2.75) is 59.2 Å². The van der Waals surface area contributed by atoms with Gasteiger partial charge in [-0.3, -0.25) is 18.9 Å². The summed E-state index contributed by atoms with van der Waals surface area (Å²) in [6, 6.07) is 0. The molecule has 1 saturated heterocycles. The van der Waals surface area contributed by atoms with Crippen LogP contribution in [-0.4, -0.2) is 37.3 Å². The van der Waals surface area contributed by atoms with Crippen molar-refractivity contribution >= 4 is 0 Å². The van der Waals surface area contributed by atoms with Crippen molar-refractivity contribution in [3.63, 3.8) is 0 Å². The lowest BCUT2D eigenvalue weighted by Gasteiger charge is -2.32. The Morgan fingerprint density at radius 2 is 2.00 bits per heavy atom. The van der Waals surface area contributed by atoms with Gasteiger partial charge < -0.3 is 0 Å². The second kappa shape index (κ2) is 6.75. The van der Waals surface area contributed by atoms with Crippen LogP contribution >= 0.6 is 0 Å². The molecule has 1 fully saturated rings. The molecule has 0 spiro atoms. The van der Waals surface area contributed by atoms with Crippen LogP contribution in [0.1, 0.15) is 41.8 Å².